The fourth-order valence-electron chi connectivity index (χ4n) is 2.00. The van der Waals surface area contributed by atoms with E-state index in [4.69, 9.17) is 11.6 Å². The van der Waals surface area contributed by atoms with Gasteiger partial charge in [-0.1, -0.05) is 41.4 Å². The summed E-state index contributed by atoms with van der Waals surface area (Å²) in [5, 5.41) is 4.02. The number of nitrogens with one attached hydrogen (secondary N) is 1. The predicted molar refractivity (Wildman–Crippen MR) is 75.9 cm³/mol. The van der Waals surface area contributed by atoms with Gasteiger partial charge in [0.1, 0.15) is 0 Å². The number of benzene rings is 1. The van der Waals surface area contributed by atoms with Gasteiger partial charge in [0.05, 0.1) is 5.02 Å². The molecule has 1 heterocycles. The van der Waals surface area contributed by atoms with Crippen LogP contribution in [0.4, 0.5) is 0 Å². The first kappa shape index (κ1) is 13.1. The normalized spacial score (nSPS) is 12.4. The van der Waals surface area contributed by atoms with E-state index in [2.05, 4.69) is 41.5 Å². The van der Waals surface area contributed by atoms with Gasteiger partial charge >= 0.3 is 0 Å². The number of aryl methyl sites for hydroxylation is 1. The summed E-state index contributed by atoms with van der Waals surface area (Å²) in [5.41, 5.74) is 3.67. The van der Waals surface area contributed by atoms with Crippen LogP contribution in [0.2, 0.25) is 5.02 Å². The maximum Gasteiger partial charge on any atom is 0.0637 e. The molecule has 0 aliphatic carbocycles. The molecule has 0 radical (unpaired) electrons. The van der Waals surface area contributed by atoms with Crippen molar-refractivity contribution in [2.75, 3.05) is 7.05 Å². The fourth-order valence-corrected chi connectivity index (χ4v) is 2.25. The molecule has 1 N–H and O–H groups in total. The minimum atomic E-state index is 0.211. The van der Waals surface area contributed by atoms with Crippen LogP contribution < -0.4 is 5.32 Å². The van der Waals surface area contributed by atoms with Crippen LogP contribution in [-0.4, -0.2) is 12.0 Å². The van der Waals surface area contributed by atoms with Gasteiger partial charge in [0.15, 0.2) is 0 Å². The maximum atomic E-state index is 6.19. The molecule has 3 heteroatoms. The Morgan fingerprint density at radius 3 is 2.56 bits per heavy atom. The topological polar surface area (TPSA) is 24.9 Å². The summed E-state index contributed by atoms with van der Waals surface area (Å²) in [6.45, 7) is 2.10. The van der Waals surface area contributed by atoms with E-state index < -0.39 is 0 Å². The van der Waals surface area contributed by atoms with E-state index in [1.807, 2.05) is 13.1 Å². The SMILES string of the molecule is CNC(Cc1ccc(C)cc1)c1ccncc1Cl. The Kier molecular flexibility index (Phi) is 4.34. The first-order valence-electron chi connectivity index (χ1n) is 6.03. The molecule has 1 aromatic carbocycles. The highest BCUT2D eigenvalue weighted by atomic mass is 35.5. The van der Waals surface area contributed by atoms with Gasteiger partial charge in [-0.2, -0.15) is 0 Å². The van der Waals surface area contributed by atoms with E-state index >= 15 is 0 Å². The number of pyridine rings is 1. The second-order valence-corrected chi connectivity index (χ2v) is 4.84. The van der Waals surface area contributed by atoms with E-state index in [1.165, 1.54) is 11.1 Å². The van der Waals surface area contributed by atoms with Gasteiger partial charge in [-0.25, -0.2) is 0 Å². The zero-order valence-corrected chi connectivity index (χ0v) is 11.4. The van der Waals surface area contributed by atoms with Crippen LogP contribution in [0.5, 0.6) is 0 Å². The summed E-state index contributed by atoms with van der Waals surface area (Å²) in [6, 6.07) is 10.8. The Morgan fingerprint density at radius 1 is 1.22 bits per heavy atom. The Labute approximate surface area is 113 Å². The smallest absolute Gasteiger partial charge is 0.0637 e. The number of likely N-dealkylation sites (N-methyl/N-ethyl adjacent to an activating group) is 1. The van der Waals surface area contributed by atoms with E-state index in [1.54, 1.807) is 12.4 Å². The minimum absolute atomic E-state index is 0.211. The van der Waals surface area contributed by atoms with Gasteiger partial charge < -0.3 is 5.32 Å². The van der Waals surface area contributed by atoms with Crippen molar-refractivity contribution in [2.24, 2.45) is 0 Å². The van der Waals surface area contributed by atoms with Crippen LogP contribution in [-0.2, 0) is 6.42 Å². The Morgan fingerprint density at radius 2 is 1.94 bits per heavy atom. The highest BCUT2D eigenvalue weighted by Gasteiger charge is 2.13. The number of nitrogens with zero attached hydrogens (tertiary/aromatic N) is 1. The quantitative estimate of drug-likeness (QED) is 0.910. The monoisotopic (exact) mass is 260 g/mol. The Balaban J connectivity index is 2.20. The third-order valence-corrected chi connectivity index (χ3v) is 3.40. The first-order valence-corrected chi connectivity index (χ1v) is 6.40. The molecule has 0 saturated heterocycles. The first-order chi connectivity index (χ1) is 8.70. The van der Waals surface area contributed by atoms with E-state index in [0.29, 0.717) is 5.02 Å². The number of hydrogen-bond donors (Lipinski definition) is 1. The summed E-state index contributed by atoms with van der Waals surface area (Å²) < 4.78 is 0. The molecule has 0 bridgehead atoms. The Bertz CT molecular complexity index is 508. The van der Waals surface area contributed by atoms with Gasteiger partial charge in [0.2, 0.25) is 0 Å². The van der Waals surface area contributed by atoms with Crippen molar-refractivity contribution < 1.29 is 0 Å². The van der Waals surface area contributed by atoms with Crippen LogP contribution >= 0.6 is 11.6 Å². The van der Waals surface area contributed by atoms with Gasteiger partial charge in [0.25, 0.3) is 0 Å². The van der Waals surface area contributed by atoms with Crippen LogP contribution in [0.3, 0.4) is 0 Å². The number of rotatable bonds is 4. The standard InChI is InChI=1S/C15H17ClN2/c1-11-3-5-12(6-4-11)9-15(17-2)13-7-8-18-10-14(13)16/h3-8,10,15,17H,9H2,1-2H3. The lowest BCUT2D eigenvalue weighted by molar-refractivity contribution is 0.591. The van der Waals surface area contributed by atoms with Gasteiger partial charge in [-0.05, 0) is 37.6 Å². The number of halogens is 1. The average Bonchev–Trinajstić information content (AvgIpc) is 2.39. The van der Waals surface area contributed by atoms with E-state index in [9.17, 15) is 0 Å². The molecule has 0 saturated carbocycles. The molecule has 18 heavy (non-hydrogen) atoms. The molecule has 1 unspecified atom stereocenters. The highest BCUT2D eigenvalue weighted by Crippen LogP contribution is 2.24. The lowest BCUT2D eigenvalue weighted by Gasteiger charge is -2.18. The lowest BCUT2D eigenvalue weighted by Crippen LogP contribution is -2.19. The summed E-state index contributed by atoms with van der Waals surface area (Å²) >= 11 is 6.19. The third-order valence-electron chi connectivity index (χ3n) is 3.09. The summed E-state index contributed by atoms with van der Waals surface area (Å²) in [6.07, 6.45) is 4.39. The summed E-state index contributed by atoms with van der Waals surface area (Å²) in [4.78, 5) is 4.02. The average molecular weight is 261 g/mol. The summed E-state index contributed by atoms with van der Waals surface area (Å²) in [5.74, 6) is 0. The van der Waals surface area contributed by atoms with E-state index in [-0.39, 0.29) is 6.04 Å². The van der Waals surface area contributed by atoms with Crippen molar-refractivity contribution in [1.29, 1.82) is 0 Å². The fraction of sp³-hybridized carbons (Fsp3) is 0.267. The molecule has 0 aliphatic rings. The van der Waals surface area contributed by atoms with Crippen LogP contribution in [0, 0.1) is 6.92 Å². The van der Waals surface area contributed by atoms with Gasteiger partial charge in [0, 0.05) is 18.4 Å². The zero-order valence-electron chi connectivity index (χ0n) is 10.7. The molecule has 2 rings (SSSR count). The highest BCUT2D eigenvalue weighted by molar-refractivity contribution is 6.31. The van der Waals surface area contributed by atoms with Crippen LogP contribution in [0.25, 0.3) is 0 Å². The van der Waals surface area contributed by atoms with Crippen molar-refractivity contribution in [3.05, 3.63) is 64.4 Å². The molecule has 2 nitrogen and oxygen atoms in total. The molecule has 94 valence electrons. The number of aromatic nitrogens is 1. The van der Waals surface area contributed by atoms with Crippen molar-refractivity contribution >= 4 is 11.6 Å². The second kappa shape index (κ2) is 5.98. The van der Waals surface area contributed by atoms with Crippen molar-refractivity contribution in [2.45, 2.75) is 19.4 Å². The molecule has 0 fully saturated rings. The van der Waals surface area contributed by atoms with Crippen LogP contribution in [0.1, 0.15) is 22.7 Å². The maximum absolute atomic E-state index is 6.19. The molecular formula is C15H17ClN2. The van der Waals surface area contributed by atoms with Crippen LogP contribution in [0.15, 0.2) is 42.7 Å². The van der Waals surface area contributed by atoms with Gasteiger partial charge in [-0.15, -0.1) is 0 Å². The molecule has 0 spiro atoms. The van der Waals surface area contributed by atoms with Crippen molar-refractivity contribution in [3.63, 3.8) is 0 Å². The largest absolute Gasteiger partial charge is 0.313 e. The van der Waals surface area contributed by atoms with E-state index in [0.717, 1.165) is 12.0 Å². The van der Waals surface area contributed by atoms with Gasteiger partial charge in [-0.3, -0.25) is 4.98 Å². The van der Waals surface area contributed by atoms with Crippen molar-refractivity contribution in [3.8, 4) is 0 Å². The predicted octanol–water partition coefficient (Wildman–Crippen LogP) is 3.55. The zero-order chi connectivity index (χ0) is 13.0. The molecule has 0 aliphatic heterocycles. The molecule has 2 aromatic rings. The third kappa shape index (κ3) is 3.09. The minimum Gasteiger partial charge on any atom is -0.313 e. The molecule has 1 aromatic heterocycles. The molecule has 0 amide bonds. The number of hydrogen-bond acceptors (Lipinski definition) is 2. The molecule has 1 atom stereocenters. The Hall–Kier alpha value is -1.38. The van der Waals surface area contributed by atoms with Crippen molar-refractivity contribution in [1.82, 2.24) is 10.3 Å². The summed E-state index contributed by atoms with van der Waals surface area (Å²) in [7, 11) is 1.95. The lowest BCUT2D eigenvalue weighted by atomic mass is 9.99. The molecular weight excluding hydrogens is 244 g/mol. The second-order valence-electron chi connectivity index (χ2n) is 4.43.